The summed E-state index contributed by atoms with van der Waals surface area (Å²) < 4.78 is 5.60. The van der Waals surface area contributed by atoms with Crippen molar-refractivity contribution in [1.82, 2.24) is 5.43 Å². The van der Waals surface area contributed by atoms with E-state index in [1.807, 2.05) is 0 Å². The van der Waals surface area contributed by atoms with Crippen LogP contribution in [0.25, 0.3) is 0 Å². The second-order valence-electron chi connectivity index (χ2n) is 7.98. The predicted molar refractivity (Wildman–Crippen MR) is 135 cm³/mol. The highest BCUT2D eigenvalue weighted by atomic mass is 16.5. The molecule has 1 aliphatic carbocycles. The third kappa shape index (κ3) is 4.61. The van der Waals surface area contributed by atoms with E-state index in [4.69, 9.17) is 4.74 Å². The zero-order valence-corrected chi connectivity index (χ0v) is 19.2. The monoisotopic (exact) mass is 493 g/mol. The normalized spacial score (nSPS) is 16.4. The minimum atomic E-state index is -1.06. The topological polar surface area (TPSA) is 129 Å². The van der Waals surface area contributed by atoms with Gasteiger partial charge in [0.25, 0.3) is 0 Å². The molecule has 37 heavy (non-hydrogen) atoms. The number of para-hydroxylation sites is 2. The number of amidine groups is 1. The summed E-state index contributed by atoms with van der Waals surface area (Å²) in [5.41, 5.74) is 4.52. The van der Waals surface area contributed by atoms with Gasteiger partial charge >= 0.3 is 11.9 Å². The molecule has 0 aromatic heterocycles. The van der Waals surface area contributed by atoms with Crippen LogP contribution in [-0.4, -0.2) is 33.8 Å². The lowest BCUT2D eigenvalue weighted by Gasteiger charge is -2.22. The number of nitrogens with one attached hydrogen (secondary N) is 1. The molecular weight excluding hydrogens is 474 g/mol. The highest BCUT2D eigenvalue weighted by Gasteiger charge is 2.29. The van der Waals surface area contributed by atoms with Gasteiger partial charge in [0.2, 0.25) is 0 Å². The number of carboxylic acid groups (broad SMARTS) is 1. The van der Waals surface area contributed by atoms with Crippen molar-refractivity contribution >= 4 is 29.2 Å². The summed E-state index contributed by atoms with van der Waals surface area (Å²) in [5.74, 6) is -1.52. The molecule has 0 unspecified atom stereocenters. The molecule has 5 rings (SSSR count). The van der Waals surface area contributed by atoms with E-state index in [0.29, 0.717) is 22.7 Å². The standard InChI is InChI=1S/C28H19N3O6/c32-22-10-4-1-7-19(22)26-29-25(30-31(26)18-15-13-17(14-16-18)27(34)35)21-9-3-6-12-24(21)37-28(36)20-8-2-5-11-23(20)33/h1-16,33H,(H,29,30)(H,34,35)/b26-19+. The Morgan fingerprint density at radius 2 is 1.59 bits per heavy atom. The number of aromatic carboxylic acids is 1. The van der Waals surface area contributed by atoms with Crippen LogP contribution in [0.2, 0.25) is 0 Å². The lowest BCUT2D eigenvalue weighted by atomic mass is 10.1. The van der Waals surface area contributed by atoms with Crippen molar-refractivity contribution in [2.24, 2.45) is 4.99 Å². The summed E-state index contributed by atoms with van der Waals surface area (Å²) in [5, 5.41) is 20.8. The van der Waals surface area contributed by atoms with Gasteiger partial charge in [-0.05, 0) is 60.7 Å². The number of ether oxygens (including phenoxy) is 1. The van der Waals surface area contributed by atoms with E-state index in [-0.39, 0.29) is 34.2 Å². The first kappa shape index (κ1) is 23.3. The van der Waals surface area contributed by atoms with Crippen LogP contribution in [0.15, 0.2) is 113 Å². The van der Waals surface area contributed by atoms with E-state index >= 15 is 0 Å². The zero-order chi connectivity index (χ0) is 25.9. The number of carbonyl (C=O) groups excluding carboxylic acids is 2. The Labute approximate surface area is 210 Å². The second kappa shape index (κ2) is 9.67. The van der Waals surface area contributed by atoms with Crippen LogP contribution < -0.4 is 15.2 Å². The Hall–Kier alpha value is -5.44. The molecule has 0 saturated carbocycles. The first-order valence-corrected chi connectivity index (χ1v) is 11.1. The van der Waals surface area contributed by atoms with Crippen molar-refractivity contribution < 1.29 is 29.3 Å². The largest absolute Gasteiger partial charge is 0.507 e. The van der Waals surface area contributed by atoms with Crippen molar-refractivity contribution in [1.29, 1.82) is 0 Å². The lowest BCUT2D eigenvalue weighted by molar-refractivity contribution is -0.111. The number of carboxylic acids is 1. The number of hydrazine groups is 1. The summed E-state index contributed by atoms with van der Waals surface area (Å²) in [7, 11) is 0. The van der Waals surface area contributed by atoms with Gasteiger partial charge < -0.3 is 14.9 Å². The first-order valence-electron chi connectivity index (χ1n) is 11.1. The lowest BCUT2D eigenvalue weighted by Crippen LogP contribution is -2.36. The van der Waals surface area contributed by atoms with E-state index in [1.165, 1.54) is 30.3 Å². The molecule has 0 bridgehead atoms. The Bertz CT molecular complexity index is 1550. The van der Waals surface area contributed by atoms with Gasteiger partial charge in [-0.1, -0.05) is 36.4 Å². The van der Waals surface area contributed by atoms with Crippen LogP contribution in [0.1, 0.15) is 26.3 Å². The summed E-state index contributed by atoms with van der Waals surface area (Å²) in [6.07, 6.45) is 6.39. The number of benzene rings is 3. The van der Waals surface area contributed by atoms with Gasteiger partial charge in [-0.25, -0.2) is 19.6 Å². The fourth-order valence-corrected chi connectivity index (χ4v) is 3.78. The number of rotatable bonds is 5. The molecule has 0 radical (unpaired) electrons. The quantitative estimate of drug-likeness (QED) is 0.277. The zero-order valence-electron chi connectivity index (χ0n) is 19.2. The summed E-state index contributed by atoms with van der Waals surface area (Å²) in [4.78, 5) is 41.4. The molecular formula is C28H19N3O6. The maximum Gasteiger partial charge on any atom is 0.347 e. The molecule has 9 nitrogen and oxygen atoms in total. The van der Waals surface area contributed by atoms with Gasteiger partial charge in [-0.2, -0.15) is 0 Å². The molecule has 3 N–H and O–H groups in total. The predicted octanol–water partition coefficient (Wildman–Crippen LogP) is 3.99. The number of hydrogen-bond donors (Lipinski definition) is 3. The number of nitrogens with zero attached hydrogens (tertiary/aromatic N) is 2. The van der Waals surface area contributed by atoms with Crippen molar-refractivity contribution in [2.45, 2.75) is 0 Å². The number of ketones is 1. The van der Waals surface area contributed by atoms with Crippen LogP contribution in [0, 0.1) is 0 Å². The number of hydrogen-bond acceptors (Lipinski definition) is 8. The number of phenolic OH excluding ortho intramolecular Hbond substituents is 1. The first-order chi connectivity index (χ1) is 17.9. The Balaban J connectivity index is 1.54. The summed E-state index contributed by atoms with van der Waals surface area (Å²) >= 11 is 0. The number of anilines is 1. The maximum absolute atomic E-state index is 12.8. The van der Waals surface area contributed by atoms with E-state index in [1.54, 1.807) is 71.8 Å². The summed E-state index contributed by atoms with van der Waals surface area (Å²) in [6, 6.07) is 18.8. The number of allylic oxidation sites excluding steroid dienone is 5. The molecule has 0 fully saturated rings. The van der Waals surface area contributed by atoms with E-state index < -0.39 is 11.9 Å². The van der Waals surface area contributed by atoms with E-state index in [0.717, 1.165) is 0 Å². The van der Waals surface area contributed by atoms with Crippen molar-refractivity contribution in [3.63, 3.8) is 0 Å². The highest BCUT2D eigenvalue weighted by molar-refractivity contribution is 6.11. The Kier molecular flexibility index (Phi) is 6.09. The minimum absolute atomic E-state index is 0.00584. The van der Waals surface area contributed by atoms with Gasteiger partial charge in [0, 0.05) is 0 Å². The van der Waals surface area contributed by atoms with Crippen LogP contribution >= 0.6 is 0 Å². The van der Waals surface area contributed by atoms with Crippen LogP contribution in [0.3, 0.4) is 0 Å². The number of phenols is 1. The number of aromatic hydroxyl groups is 1. The van der Waals surface area contributed by atoms with Gasteiger partial charge in [-0.3, -0.25) is 10.2 Å². The van der Waals surface area contributed by atoms with Gasteiger partial charge in [-0.15, -0.1) is 0 Å². The molecule has 2 aliphatic rings. The van der Waals surface area contributed by atoms with Gasteiger partial charge in [0.05, 0.1) is 22.4 Å². The van der Waals surface area contributed by atoms with Gasteiger partial charge in [0.1, 0.15) is 17.1 Å². The average molecular weight is 493 g/mol. The molecule has 0 atom stereocenters. The van der Waals surface area contributed by atoms with E-state index in [2.05, 4.69) is 10.4 Å². The van der Waals surface area contributed by atoms with Gasteiger partial charge in [0.15, 0.2) is 17.4 Å². The fraction of sp³-hybridized carbons (Fsp3) is 0. The second-order valence-corrected chi connectivity index (χ2v) is 7.98. The smallest absolute Gasteiger partial charge is 0.347 e. The SMILES string of the molecule is O=C1C=CC=C/C1=C1/N=C(c2ccccc2OC(=O)c2ccccc2O)NN1c1ccc(C(=O)O)cc1. The summed E-state index contributed by atoms with van der Waals surface area (Å²) in [6.45, 7) is 0. The molecule has 0 saturated heterocycles. The molecule has 182 valence electrons. The molecule has 0 spiro atoms. The number of aliphatic imine (C=N–C) groups is 1. The molecule has 1 heterocycles. The minimum Gasteiger partial charge on any atom is -0.507 e. The molecule has 3 aromatic carbocycles. The maximum atomic E-state index is 12.8. The van der Waals surface area contributed by atoms with Crippen LogP contribution in [-0.2, 0) is 4.79 Å². The molecule has 0 amide bonds. The molecule has 1 aliphatic heterocycles. The Morgan fingerprint density at radius 3 is 2.32 bits per heavy atom. The Morgan fingerprint density at radius 1 is 0.892 bits per heavy atom. The van der Waals surface area contributed by atoms with Crippen molar-refractivity contribution in [2.75, 3.05) is 5.01 Å². The molecule has 9 heteroatoms. The fourth-order valence-electron chi connectivity index (χ4n) is 3.78. The van der Waals surface area contributed by atoms with E-state index in [9.17, 15) is 24.6 Å². The third-order valence-corrected chi connectivity index (χ3v) is 5.62. The number of carbonyl (C=O) groups is 3. The average Bonchev–Trinajstić information content (AvgIpc) is 3.34. The van der Waals surface area contributed by atoms with Crippen molar-refractivity contribution in [3.05, 3.63) is 125 Å². The highest BCUT2D eigenvalue weighted by Crippen LogP contribution is 2.30. The van der Waals surface area contributed by atoms with Crippen LogP contribution in [0.5, 0.6) is 11.5 Å². The molecule has 3 aromatic rings. The number of esters is 1. The van der Waals surface area contributed by atoms with Crippen LogP contribution in [0.4, 0.5) is 5.69 Å². The third-order valence-electron chi connectivity index (χ3n) is 5.62. The van der Waals surface area contributed by atoms with Crippen molar-refractivity contribution in [3.8, 4) is 11.5 Å².